The van der Waals surface area contributed by atoms with E-state index in [1.54, 1.807) is 6.92 Å². The highest BCUT2D eigenvalue weighted by atomic mass is 16.2. The van der Waals surface area contributed by atoms with Crippen molar-refractivity contribution < 1.29 is 4.79 Å². The summed E-state index contributed by atoms with van der Waals surface area (Å²) in [6.45, 7) is 7.97. The quantitative estimate of drug-likeness (QED) is 0.830. The van der Waals surface area contributed by atoms with Gasteiger partial charge in [0.15, 0.2) is 0 Å². The first kappa shape index (κ1) is 18.1. The highest BCUT2D eigenvalue weighted by molar-refractivity contribution is 5.78. The normalized spacial score (nSPS) is 15.1. The zero-order valence-electron chi connectivity index (χ0n) is 15.3. The number of amides is 1. The van der Waals surface area contributed by atoms with Gasteiger partial charge in [-0.2, -0.15) is 0 Å². The third-order valence-electron chi connectivity index (χ3n) is 4.49. The van der Waals surface area contributed by atoms with Crippen molar-refractivity contribution in [3.05, 3.63) is 57.8 Å². The minimum Gasteiger partial charge on any atom is -0.369 e. The van der Waals surface area contributed by atoms with Crippen molar-refractivity contribution in [2.45, 2.75) is 20.4 Å². The summed E-state index contributed by atoms with van der Waals surface area (Å²) >= 11 is 0. The van der Waals surface area contributed by atoms with E-state index < -0.39 is 0 Å². The maximum absolute atomic E-state index is 12.2. The molecule has 0 radical (unpaired) electrons. The second-order valence-electron chi connectivity index (χ2n) is 6.70. The van der Waals surface area contributed by atoms with Crippen molar-refractivity contribution in [1.82, 2.24) is 20.2 Å². The number of piperazine rings is 1. The molecule has 0 atom stereocenters. The Balaban J connectivity index is 1.45. The Morgan fingerprint density at radius 1 is 1.19 bits per heavy atom. The number of hydrogen-bond donors (Lipinski definition) is 2. The lowest BCUT2D eigenvalue weighted by molar-refractivity contribution is -0.122. The molecule has 1 aliphatic heterocycles. The highest BCUT2D eigenvalue weighted by Crippen LogP contribution is 2.17. The number of aryl methyl sites for hydroxylation is 2. The predicted octanol–water partition coefficient (Wildman–Crippen LogP) is 0.825. The Morgan fingerprint density at radius 3 is 2.65 bits per heavy atom. The van der Waals surface area contributed by atoms with Gasteiger partial charge in [0.2, 0.25) is 5.91 Å². The molecule has 26 heavy (non-hydrogen) atoms. The zero-order valence-corrected chi connectivity index (χ0v) is 15.3. The lowest BCUT2D eigenvalue weighted by atomic mass is 10.2. The van der Waals surface area contributed by atoms with Crippen LogP contribution in [-0.2, 0) is 11.3 Å². The van der Waals surface area contributed by atoms with Gasteiger partial charge in [-0.1, -0.05) is 12.1 Å². The summed E-state index contributed by atoms with van der Waals surface area (Å²) in [5, 5.41) is 2.84. The molecule has 0 aliphatic carbocycles. The van der Waals surface area contributed by atoms with Crippen molar-refractivity contribution in [2.75, 3.05) is 37.6 Å². The van der Waals surface area contributed by atoms with Crippen LogP contribution in [0.25, 0.3) is 0 Å². The molecule has 2 N–H and O–H groups in total. The molecular weight excluding hydrogens is 330 g/mol. The minimum absolute atomic E-state index is 0.0475. The van der Waals surface area contributed by atoms with E-state index in [-0.39, 0.29) is 18.0 Å². The molecule has 0 spiro atoms. The van der Waals surface area contributed by atoms with E-state index in [2.05, 4.69) is 56.3 Å². The number of hydrogen-bond acceptors (Lipinski definition) is 5. The van der Waals surface area contributed by atoms with E-state index in [9.17, 15) is 9.59 Å². The number of aromatic amines is 1. The first-order valence-electron chi connectivity index (χ1n) is 8.87. The smallest absolute Gasteiger partial charge is 0.251 e. The Kier molecular flexibility index (Phi) is 5.68. The molecule has 2 heterocycles. The molecule has 7 nitrogen and oxygen atoms in total. The Morgan fingerprint density at radius 2 is 1.96 bits per heavy atom. The van der Waals surface area contributed by atoms with Gasteiger partial charge >= 0.3 is 0 Å². The lowest BCUT2D eigenvalue weighted by Crippen LogP contribution is -2.49. The van der Waals surface area contributed by atoms with Gasteiger partial charge in [-0.15, -0.1) is 0 Å². The molecule has 0 unspecified atom stereocenters. The third-order valence-corrected chi connectivity index (χ3v) is 4.49. The van der Waals surface area contributed by atoms with Crippen molar-refractivity contribution >= 4 is 11.6 Å². The molecule has 7 heteroatoms. The number of aromatic nitrogens is 2. The number of H-pyrrole nitrogens is 1. The first-order chi connectivity index (χ1) is 12.5. The van der Waals surface area contributed by atoms with Crippen LogP contribution in [0.1, 0.15) is 17.1 Å². The Bertz CT molecular complexity index is 825. The average Bonchev–Trinajstić information content (AvgIpc) is 2.60. The van der Waals surface area contributed by atoms with Gasteiger partial charge in [-0.25, -0.2) is 4.98 Å². The summed E-state index contributed by atoms with van der Waals surface area (Å²) in [7, 11) is 0. The van der Waals surface area contributed by atoms with E-state index in [0.29, 0.717) is 18.1 Å². The van der Waals surface area contributed by atoms with Crippen LogP contribution >= 0.6 is 0 Å². The third kappa shape index (κ3) is 4.92. The molecule has 1 saturated heterocycles. The molecule has 1 fully saturated rings. The standard InChI is InChI=1S/C19H25N5O2/c1-14-4-3-5-17(10-14)24-8-6-23(7-9-24)13-19(26)20-12-16-11-18(25)22-15(2)21-16/h3-5,10-11H,6-9,12-13H2,1-2H3,(H,20,26)(H,21,22,25). The number of benzene rings is 1. The topological polar surface area (TPSA) is 81.3 Å². The Labute approximate surface area is 153 Å². The molecule has 3 rings (SSSR count). The van der Waals surface area contributed by atoms with Crippen molar-refractivity contribution in [1.29, 1.82) is 0 Å². The molecule has 0 bridgehead atoms. The predicted molar refractivity (Wildman–Crippen MR) is 101 cm³/mol. The summed E-state index contributed by atoms with van der Waals surface area (Å²) in [6, 6.07) is 9.91. The zero-order chi connectivity index (χ0) is 18.5. The van der Waals surface area contributed by atoms with Crippen molar-refractivity contribution in [3.63, 3.8) is 0 Å². The lowest BCUT2D eigenvalue weighted by Gasteiger charge is -2.35. The molecule has 0 saturated carbocycles. The SMILES string of the molecule is Cc1cccc(N2CCN(CC(=O)NCc3cc(=O)[nH]c(C)n3)CC2)c1. The molecule has 2 aromatic rings. The second-order valence-corrected chi connectivity index (χ2v) is 6.70. The summed E-state index contributed by atoms with van der Waals surface area (Å²) < 4.78 is 0. The largest absolute Gasteiger partial charge is 0.369 e. The fraction of sp³-hybridized carbons (Fsp3) is 0.421. The number of carbonyl (C=O) groups is 1. The number of nitrogens with zero attached hydrogens (tertiary/aromatic N) is 3. The maximum Gasteiger partial charge on any atom is 0.251 e. The summed E-state index contributed by atoms with van der Waals surface area (Å²) in [6.07, 6.45) is 0. The van der Waals surface area contributed by atoms with Crippen LogP contribution in [0.4, 0.5) is 5.69 Å². The number of rotatable bonds is 5. The van der Waals surface area contributed by atoms with Crippen LogP contribution in [0, 0.1) is 13.8 Å². The fourth-order valence-electron chi connectivity index (χ4n) is 3.17. The van der Waals surface area contributed by atoms with Gasteiger partial charge in [-0.3, -0.25) is 14.5 Å². The summed E-state index contributed by atoms with van der Waals surface area (Å²) in [5.41, 5.74) is 2.87. The molecule has 138 valence electrons. The Hall–Kier alpha value is -2.67. The van der Waals surface area contributed by atoms with Crippen LogP contribution < -0.4 is 15.8 Å². The number of carbonyl (C=O) groups excluding carboxylic acids is 1. The van der Waals surface area contributed by atoms with Gasteiger partial charge in [0.1, 0.15) is 5.82 Å². The summed E-state index contributed by atoms with van der Waals surface area (Å²) in [5.74, 6) is 0.503. The number of nitrogens with one attached hydrogen (secondary N) is 2. The average molecular weight is 355 g/mol. The maximum atomic E-state index is 12.2. The van der Waals surface area contributed by atoms with Gasteiger partial charge in [0.25, 0.3) is 5.56 Å². The fourth-order valence-corrected chi connectivity index (χ4v) is 3.17. The van der Waals surface area contributed by atoms with E-state index in [1.807, 2.05) is 0 Å². The second kappa shape index (κ2) is 8.14. The number of anilines is 1. The van der Waals surface area contributed by atoms with Gasteiger partial charge in [-0.05, 0) is 31.5 Å². The monoisotopic (exact) mass is 355 g/mol. The minimum atomic E-state index is -0.200. The van der Waals surface area contributed by atoms with Gasteiger partial charge in [0, 0.05) is 37.9 Å². The molecule has 1 aliphatic rings. The highest BCUT2D eigenvalue weighted by Gasteiger charge is 2.19. The summed E-state index contributed by atoms with van der Waals surface area (Å²) in [4.78, 5) is 34.9. The molecule has 1 aromatic carbocycles. The van der Waals surface area contributed by atoms with Gasteiger partial charge < -0.3 is 15.2 Å². The van der Waals surface area contributed by atoms with Crippen LogP contribution in [0.15, 0.2) is 35.1 Å². The molecule has 1 amide bonds. The van der Waals surface area contributed by atoms with E-state index >= 15 is 0 Å². The molecular formula is C19H25N5O2. The van der Waals surface area contributed by atoms with Crippen LogP contribution in [0.2, 0.25) is 0 Å². The van der Waals surface area contributed by atoms with Crippen LogP contribution in [0.5, 0.6) is 0 Å². The van der Waals surface area contributed by atoms with Gasteiger partial charge in [0.05, 0.1) is 18.8 Å². The van der Waals surface area contributed by atoms with Crippen molar-refractivity contribution in [3.8, 4) is 0 Å². The van der Waals surface area contributed by atoms with Crippen LogP contribution in [-0.4, -0.2) is 53.5 Å². The van der Waals surface area contributed by atoms with E-state index in [0.717, 1.165) is 26.2 Å². The molecule has 1 aromatic heterocycles. The van der Waals surface area contributed by atoms with E-state index in [1.165, 1.54) is 17.3 Å². The first-order valence-corrected chi connectivity index (χ1v) is 8.87. The van der Waals surface area contributed by atoms with E-state index in [4.69, 9.17) is 0 Å². The van der Waals surface area contributed by atoms with Crippen molar-refractivity contribution in [2.24, 2.45) is 0 Å². The van der Waals surface area contributed by atoms with Crippen LogP contribution in [0.3, 0.4) is 0 Å².